The van der Waals surface area contributed by atoms with Gasteiger partial charge in [0.1, 0.15) is 0 Å². The normalized spacial score (nSPS) is 11.4. The van der Waals surface area contributed by atoms with Gasteiger partial charge in [-0.2, -0.15) is 0 Å². The first-order valence-electron chi connectivity index (χ1n) is 6.98. The molecule has 0 unspecified atom stereocenters. The van der Waals surface area contributed by atoms with Gasteiger partial charge in [0.05, 0.1) is 26.4 Å². The molecule has 0 radical (unpaired) electrons. The van der Waals surface area contributed by atoms with Gasteiger partial charge in [-0.15, -0.1) is 0 Å². The summed E-state index contributed by atoms with van der Waals surface area (Å²) >= 11 is 0. The molecule has 0 heterocycles. The second-order valence-electron chi connectivity index (χ2n) is 3.99. The van der Waals surface area contributed by atoms with Gasteiger partial charge < -0.3 is 18.5 Å². The van der Waals surface area contributed by atoms with E-state index < -0.39 is 19.4 Å². The Bertz CT molecular complexity index is 377. The minimum absolute atomic E-state index is 0.146. The Hall–Kier alpha value is -0.880. The van der Waals surface area contributed by atoms with Crippen molar-refractivity contribution in [2.75, 3.05) is 40.5 Å². The monoisotopic (exact) mass is 323 g/mol. The van der Waals surface area contributed by atoms with E-state index >= 15 is 0 Å². The topological polar surface area (TPSA) is 74.3 Å². The van der Waals surface area contributed by atoms with Gasteiger partial charge >= 0.3 is 11.9 Å². The maximum Gasteiger partial charge on any atom is 0.351 e. The molecule has 0 fully saturated rings. The first-order chi connectivity index (χ1) is 9.91. The number of carbonyl (C=O) groups excluding carboxylic acids is 2. The van der Waals surface area contributed by atoms with E-state index in [1.54, 1.807) is 46.5 Å². The third kappa shape index (κ3) is 5.11. The summed E-state index contributed by atoms with van der Waals surface area (Å²) in [6.07, 6.45) is 0. The highest BCUT2D eigenvalue weighted by atomic mass is 31.2. The fourth-order valence-electron chi connectivity index (χ4n) is 1.66. The summed E-state index contributed by atoms with van der Waals surface area (Å²) < 4.78 is 23.0. The predicted molar refractivity (Wildman–Crippen MR) is 82.1 cm³/mol. The second-order valence-corrected chi connectivity index (χ2v) is 6.80. The average Bonchev–Trinajstić information content (AvgIpc) is 2.39. The molecule has 0 aromatic rings. The Labute approximate surface area is 126 Å². The van der Waals surface area contributed by atoms with Crippen molar-refractivity contribution in [2.45, 2.75) is 27.7 Å². The SMILES string of the molecule is CCOC(=O)C(C(=O)OCC)=P(OCC)(OCC)N(C)C. The van der Waals surface area contributed by atoms with Crippen LogP contribution < -0.4 is 0 Å². The van der Waals surface area contributed by atoms with Gasteiger partial charge in [-0.3, -0.25) is 0 Å². The molecule has 0 saturated carbocycles. The van der Waals surface area contributed by atoms with Crippen LogP contribution in [-0.4, -0.2) is 62.4 Å². The molecule has 0 bridgehead atoms. The molecule has 0 aromatic heterocycles. The number of hydrogen-bond acceptors (Lipinski definition) is 7. The standard InChI is InChI=1S/C13H26NO6P/c1-7-17-12(15)11(13(16)18-8-2)21(14(5)6,19-9-3)20-10-4/h7-10H2,1-6H3. The maximum absolute atomic E-state index is 12.2. The number of rotatable bonds is 9. The first-order valence-corrected chi connectivity index (χ1v) is 8.56. The fraction of sp³-hybridized carbons (Fsp3) is 0.769. The van der Waals surface area contributed by atoms with E-state index in [4.69, 9.17) is 18.5 Å². The van der Waals surface area contributed by atoms with Crippen molar-refractivity contribution < 1.29 is 28.1 Å². The molecule has 0 spiro atoms. The number of nitrogens with zero attached hydrogens (tertiary/aromatic N) is 1. The van der Waals surface area contributed by atoms with Crippen LogP contribution >= 0.6 is 7.49 Å². The molecule has 0 aliphatic carbocycles. The highest BCUT2D eigenvalue weighted by molar-refractivity contribution is 7.69. The van der Waals surface area contributed by atoms with Crippen molar-refractivity contribution in [3.8, 4) is 0 Å². The van der Waals surface area contributed by atoms with Gasteiger partial charge in [0.25, 0.3) is 0 Å². The Kier molecular flexibility index (Phi) is 9.53. The van der Waals surface area contributed by atoms with Gasteiger partial charge in [-0.25, -0.2) is 14.3 Å². The largest absolute Gasteiger partial charge is 0.462 e. The van der Waals surface area contributed by atoms with Gasteiger partial charge in [0.2, 0.25) is 12.8 Å². The van der Waals surface area contributed by atoms with Crippen LogP contribution in [0.4, 0.5) is 0 Å². The van der Waals surface area contributed by atoms with Crippen LogP contribution in [0.15, 0.2) is 0 Å². The summed E-state index contributed by atoms with van der Waals surface area (Å²) in [5.41, 5.74) is 0. The molecule has 0 saturated heterocycles. The van der Waals surface area contributed by atoms with Crippen LogP contribution in [0.25, 0.3) is 0 Å². The van der Waals surface area contributed by atoms with Crippen LogP contribution in [0.2, 0.25) is 0 Å². The fourth-order valence-corrected chi connectivity index (χ4v) is 4.15. The molecule has 0 amide bonds. The second kappa shape index (κ2) is 9.95. The molecule has 124 valence electrons. The van der Waals surface area contributed by atoms with E-state index in [-0.39, 0.29) is 31.7 Å². The summed E-state index contributed by atoms with van der Waals surface area (Å²) in [6.45, 7) is 7.73. The lowest BCUT2D eigenvalue weighted by Crippen LogP contribution is -2.34. The van der Waals surface area contributed by atoms with Crippen LogP contribution in [-0.2, 0) is 28.1 Å². The maximum atomic E-state index is 12.2. The molecule has 0 aliphatic heterocycles. The molecule has 0 atom stereocenters. The Morgan fingerprint density at radius 1 is 0.810 bits per heavy atom. The zero-order valence-corrected chi connectivity index (χ0v) is 14.6. The minimum atomic E-state index is -3.05. The van der Waals surface area contributed by atoms with E-state index in [0.29, 0.717) is 0 Å². The van der Waals surface area contributed by atoms with Crippen LogP contribution in [0.1, 0.15) is 27.7 Å². The summed E-state index contributed by atoms with van der Waals surface area (Å²) in [5.74, 6) is -1.53. The van der Waals surface area contributed by atoms with Crippen molar-refractivity contribution in [2.24, 2.45) is 0 Å². The van der Waals surface area contributed by atoms with Crippen LogP contribution in [0, 0.1) is 0 Å². The molecular formula is C13H26NO6P. The molecule has 0 aliphatic rings. The Balaban J connectivity index is 6.22. The molecule has 0 aromatic carbocycles. The molecule has 21 heavy (non-hydrogen) atoms. The smallest absolute Gasteiger partial charge is 0.351 e. The highest BCUT2D eigenvalue weighted by Gasteiger charge is 2.38. The zero-order chi connectivity index (χ0) is 16.5. The number of carbonyl (C=O) groups is 2. The predicted octanol–water partition coefficient (Wildman–Crippen LogP) is 1.68. The highest BCUT2D eigenvalue weighted by Crippen LogP contribution is 2.53. The summed E-state index contributed by atoms with van der Waals surface area (Å²) in [6, 6.07) is 0. The van der Waals surface area contributed by atoms with Gasteiger partial charge in [0, 0.05) is 0 Å². The summed E-state index contributed by atoms with van der Waals surface area (Å²) in [7, 11) is 0.335. The summed E-state index contributed by atoms with van der Waals surface area (Å²) in [4.78, 5) is 24.5. The molecule has 0 N–H and O–H groups in total. The number of esters is 2. The molecule has 0 rings (SSSR count). The van der Waals surface area contributed by atoms with E-state index in [1.165, 1.54) is 0 Å². The third-order valence-electron chi connectivity index (χ3n) is 2.35. The molecule has 7 nitrogen and oxygen atoms in total. The van der Waals surface area contributed by atoms with Gasteiger partial charge in [-0.05, 0) is 41.8 Å². The minimum Gasteiger partial charge on any atom is -0.462 e. The van der Waals surface area contributed by atoms with Gasteiger partial charge in [0.15, 0.2) is 0 Å². The van der Waals surface area contributed by atoms with Crippen molar-refractivity contribution in [1.29, 1.82) is 0 Å². The van der Waals surface area contributed by atoms with Crippen molar-refractivity contribution >= 4 is 24.7 Å². The van der Waals surface area contributed by atoms with Crippen LogP contribution in [0.3, 0.4) is 0 Å². The molecule has 8 heteroatoms. The Morgan fingerprint density at radius 2 is 1.19 bits per heavy atom. The summed E-state index contributed by atoms with van der Waals surface area (Å²) in [5, 5.41) is -0.208. The quantitative estimate of drug-likeness (QED) is 0.363. The van der Waals surface area contributed by atoms with E-state index in [2.05, 4.69) is 0 Å². The van der Waals surface area contributed by atoms with Crippen LogP contribution in [0.5, 0.6) is 0 Å². The van der Waals surface area contributed by atoms with E-state index in [9.17, 15) is 9.59 Å². The third-order valence-corrected chi connectivity index (χ3v) is 5.55. The Morgan fingerprint density at radius 3 is 1.43 bits per heavy atom. The lowest BCUT2D eigenvalue weighted by Gasteiger charge is -2.32. The van der Waals surface area contributed by atoms with Crippen molar-refractivity contribution in [3.63, 3.8) is 0 Å². The van der Waals surface area contributed by atoms with Crippen molar-refractivity contribution in [1.82, 2.24) is 4.67 Å². The first kappa shape index (κ1) is 20.1. The zero-order valence-electron chi connectivity index (χ0n) is 13.7. The average molecular weight is 323 g/mol. The number of hydrogen-bond donors (Lipinski definition) is 0. The van der Waals surface area contributed by atoms with E-state index in [1.807, 2.05) is 0 Å². The molecular weight excluding hydrogens is 297 g/mol. The van der Waals surface area contributed by atoms with E-state index in [0.717, 1.165) is 0 Å². The lowest BCUT2D eigenvalue weighted by molar-refractivity contribution is -0.140. The number of ether oxygens (including phenoxy) is 2. The van der Waals surface area contributed by atoms with Gasteiger partial charge in [-0.1, -0.05) is 0 Å². The lowest BCUT2D eigenvalue weighted by atomic mass is 10.4. The van der Waals surface area contributed by atoms with Crippen molar-refractivity contribution in [3.05, 3.63) is 0 Å².